The van der Waals surface area contributed by atoms with Gasteiger partial charge in [0, 0.05) is 0 Å². The van der Waals surface area contributed by atoms with Crippen LogP contribution in [0, 0.1) is 6.92 Å². The van der Waals surface area contributed by atoms with Crippen molar-refractivity contribution >= 4 is 38.6 Å². The molecule has 0 unspecified atom stereocenters. The van der Waals surface area contributed by atoms with Crippen molar-refractivity contribution in [3.05, 3.63) is 76.7 Å². The molecule has 2 N–H and O–H groups in total. The van der Waals surface area contributed by atoms with Gasteiger partial charge < -0.3 is 5.73 Å². The molecule has 4 rings (SSSR count). The topological polar surface area (TPSA) is 113 Å². The van der Waals surface area contributed by atoms with E-state index in [2.05, 4.69) is 15.1 Å². The Balaban J connectivity index is 1.44. The average molecular weight is 458 g/mol. The Kier molecular flexibility index (Phi) is 5.90. The van der Waals surface area contributed by atoms with E-state index in [0.29, 0.717) is 24.0 Å². The Morgan fingerprint density at radius 2 is 1.84 bits per heavy atom. The summed E-state index contributed by atoms with van der Waals surface area (Å²) in [7, 11) is -3.78. The van der Waals surface area contributed by atoms with Crippen LogP contribution in [0.1, 0.15) is 16.7 Å². The summed E-state index contributed by atoms with van der Waals surface area (Å²) in [5.74, 6) is 0.280. The molecule has 0 bridgehead atoms. The maximum absolute atomic E-state index is 12.3. The number of aromatic nitrogens is 4. The van der Waals surface area contributed by atoms with Gasteiger partial charge in [0.1, 0.15) is 5.82 Å². The quantitative estimate of drug-likeness (QED) is 0.334. The van der Waals surface area contributed by atoms with Crippen molar-refractivity contribution in [2.45, 2.75) is 24.8 Å². The number of hydrogen-bond donors (Lipinski definition) is 1. The summed E-state index contributed by atoms with van der Waals surface area (Å²) in [6.45, 7) is 2.39. The molecule has 4 aromatic rings. The van der Waals surface area contributed by atoms with E-state index in [1.54, 1.807) is 35.1 Å². The molecule has 0 radical (unpaired) electrons. The Bertz CT molecular complexity index is 1340. The van der Waals surface area contributed by atoms with E-state index in [9.17, 15) is 8.42 Å². The first-order valence-corrected chi connectivity index (χ1v) is 11.3. The Hall–Kier alpha value is -3.01. The van der Waals surface area contributed by atoms with Crippen LogP contribution in [-0.2, 0) is 27.3 Å². The largest absolute Gasteiger partial charge is 0.383 e. The van der Waals surface area contributed by atoms with Gasteiger partial charge in [-0.25, -0.2) is 9.67 Å². The third-order valence-electron chi connectivity index (χ3n) is 4.76. The van der Waals surface area contributed by atoms with Crippen molar-refractivity contribution < 1.29 is 12.6 Å². The normalized spacial score (nSPS) is 11.8. The smallest absolute Gasteiger partial charge is 0.296 e. The second kappa shape index (κ2) is 8.62. The van der Waals surface area contributed by atoms with E-state index >= 15 is 0 Å². The number of nitrogens with two attached hydrogens (primary N) is 1. The summed E-state index contributed by atoms with van der Waals surface area (Å²) in [6, 6.07) is 14.3. The molecular weight excluding hydrogens is 438 g/mol. The summed E-state index contributed by atoms with van der Waals surface area (Å²) in [5, 5.41) is 5.02. The van der Waals surface area contributed by atoms with Crippen molar-refractivity contribution in [3.63, 3.8) is 0 Å². The van der Waals surface area contributed by atoms with Gasteiger partial charge in [-0.15, -0.1) is 0 Å². The first-order valence-electron chi connectivity index (χ1n) is 9.50. The second-order valence-corrected chi connectivity index (χ2v) is 9.03. The van der Waals surface area contributed by atoms with Crippen LogP contribution >= 0.6 is 11.6 Å². The predicted molar refractivity (Wildman–Crippen MR) is 118 cm³/mol. The summed E-state index contributed by atoms with van der Waals surface area (Å²) in [5.41, 5.74) is 9.32. The highest BCUT2D eigenvalue weighted by molar-refractivity contribution is 7.86. The van der Waals surface area contributed by atoms with Crippen molar-refractivity contribution in [2.75, 3.05) is 12.3 Å². The molecule has 2 heterocycles. The number of benzene rings is 2. The lowest BCUT2D eigenvalue weighted by Gasteiger charge is -2.08. The number of halogens is 1. The minimum Gasteiger partial charge on any atom is -0.383 e. The van der Waals surface area contributed by atoms with Gasteiger partial charge in [0.25, 0.3) is 10.1 Å². The van der Waals surface area contributed by atoms with Gasteiger partial charge >= 0.3 is 0 Å². The standard InChI is InChI=1S/C21H20ClN5O3S/c1-14-5-7-17(8-6-14)31(28,29)30-10-9-15-3-2-4-16(11-15)13-27-20-18(12-24-27)19(23)25-21(22)26-20/h2-8,11-12H,9-10,13H2,1H3,(H2,23,25,26). The molecule has 0 aliphatic carbocycles. The summed E-state index contributed by atoms with van der Waals surface area (Å²) >= 11 is 5.92. The minimum atomic E-state index is -3.78. The Labute approximate surface area is 184 Å². The molecule has 2 aromatic carbocycles. The van der Waals surface area contributed by atoms with Gasteiger partial charge in [0.2, 0.25) is 5.28 Å². The molecule has 10 heteroatoms. The highest BCUT2D eigenvalue weighted by atomic mass is 35.5. The highest BCUT2D eigenvalue weighted by Gasteiger charge is 2.15. The van der Waals surface area contributed by atoms with Gasteiger partial charge in [0.05, 0.1) is 29.6 Å². The molecule has 0 spiro atoms. The number of rotatable bonds is 7. The fourth-order valence-corrected chi connectivity index (χ4v) is 4.24. The summed E-state index contributed by atoms with van der Waals surface area (Å²) < 4.78 is 31.5. The molecule has 0 amide bonds. The number of aryl methyl sites for hydroxylation is 1. The molecule has 0 atom stereocenters. The maximum Gasteiger partial charge on any atom is 0.296 e. The van der Waals surface area contributed by atoms with Crippen molar-refractivity contribution in [1.29, 1.82) is 0 Å². The van der Waals surface area contributed by atoms with E-state index in [4.69, 9.17) is 21.5 Å². The van der Waals surface area contributed by atoms with Crippen LogP contribution in [0.4, 0.5) is 5.82 Å². The van der Waals surface area contributed by atoms with Crippen LogP contribution < -0.4 is 5.73 Å². The number of nitrogen functional groups attached to an aromatic ring is 1. The van der Waals surface area contributed by atoms with Crippen LogP contribution in [0.15, 0.2) is 59.6 Å². The van der Waals surface area contributed by atoms with Gasteiger partial charge in [0.15, 0.2) is 5.65 Å². The third-order valence-corrected chi connectivity index (χ3v) is 6.26. The second-order valence-electron chi connectivity index (χ2n) is 7.08. The highest BCUT2D eigenvalue weighted by Crippen LogP contribution is 2.20. The van der Waals surface area contributed by atoms with Crippen LogP contribution in [0.3, 0.4) is 0 Å². The molecule has 0 aliphatic heterocycles. The average Bonchev–Trinajstić information content (AvgIpc) is 3.11. The zero-order chi connectivity index (χ0) is 22.0. The van der Waals surface area contributed by atoms with Crippen LogP contribution in [-0.4, -0.2) is 34.8 Å². The molecule has 160 valence electrons. The maximum atomic E-state index is 12.3. The summed E-state index contributed by atoms with van der Waals surface area (Å²) in [4.78, 5) is 8.30. The lowest BCUT2D eigenvalue weighted by molar-refractivity contribution is 0.322. The third kappa shape index (κ3) is 4.84. The van der Waals surface area contributed by atoms with Gasteiger partial charge in [-0.05, 0) is 48.2 Å². The van der Waals surface area contributed by atoms with Crippen molar-refractivity contribution in [1.82, 2.24) is 19.7 Å². The van der Waals surface area contributed by atoms with E-state index in [0.717, 1.165) is 16.7 Å². The SMILES string of the molecule is Cc1ccc(S(=O)(=O)OCCc2cccc(Cn3ncc4c(N)nc(Cl)nc43)c2)cc1. The molecule has 0 fully saturated rings. The molecule has 0 saturated carbocycles. The predicted octanol–water partition coefficient (Wildman–Crippen LogP) is 3.37. The number of nitrogens with zero attached hydrogens (tertiary/aromatic N) is 4. The molecule has 0 aliphatic rings. The number of fused-ring (bicyclic) bond motifs is 1. The minimum absolute atomic E-state index is 0.0454. The molecule has 8 nitrogen and oxygen atoms in total. The summed E-state index contributed by atoms with van der Waals surface area (Å²) in [6.07, 6.45) is 2.05. The molecule has 0 saturated heterocycles. The molecule has 2 aromatic heterocycles. The van der Waals surface area contributed by atoms with Crippen LogP contribution in [0.2, 0.25) is 5.28 Å². The van der Waals surface area contributed by atoms with E-state index < -0.39 is 10.1 Å². The zero-order valence-corrected chi connectivity index (χ0v) is 18.3. The van der Waals surface area contributed by atoms with E-state index in [-0.39, 0.29) is 22.6 Å². The lowest BCUT2D eigenvalue weighted by atomic mass is 10.1. The fourth-order valence-electron chi connectivity index (χ4n) is 3.16. The fraction of sp³-hybridized carbons (Fsp3) is 0.190. The van der Waals surface area contributed by atoms with Crippen LogP contribution in [0.25, 0.3) is 11.0 Å². The first kappa shape index (κ1) is 21.2. The van der Waals surface area contributed by atoms with E-state index in [1.165, 1.54) is 0 Å². The lowest BCUT2D eigenvalue weighted by Crippen LogP contribution is -2.09. The van der Waals surface area contributed by atoms with Crippen LogP contribution in [0.5, 0.6) is 0 Å². The van der Waals surface area contributed by atoms with Gasteiger partial charge in [-0.3, -0.25) is 4.18 Å². The Morgan fingerprint density at radius 1 is 1.10 bits per heavy atom. The molecule has 31 heavy (non-hydrogen) atoms. The molecular formula is C21H20ClN5O3S. The van der Waals surface area contributed by atoms with Gasteiger partial charge in [-0.1, -0.05) is 42.0 Å². The Morgan fingerprint density at radius 3 is 2.61 bits per heavy atom. The number of anilines is 1. The van der Waals surface area contributed by atoms with Gasteiger partial charge in [-0.2, -0.15) is 18.5 Å². The number of hydrogen-bond acceptors (Lipinski definition) is 7. The van der Waals surface area contributed by atoms with E-state index in [1.807, 2.05) is 31.2 Å². The van der Waals surface area contributed by atoms with Crippen molar-refractivity contribution in [3.8, 4) is 0 Å². The zero-order valence-electron chi connectivity index (χ0n) is 16.7. The first-order chi connectivity index (χ1) is 14.8. The van der Waals surface area contributed by atoms with Crippen molar-refractivity contribution in [2.24, 2.45) is 0 Å². The monoisotopic (exact) mass is 457 g/mol.